The highest BCUT2D eigenvalue weighted by Gasteiger charge is 1.93. The number of nitrogens with zero attached hydrogens (tertiary/aromatic N) is 1. The molecule has 0 aliphatic carbocycles. The van der Waals surface area contributed by atoms with E-state index >= 15 is 0 Å². The average molecular weight is 222 g/mol. The van der Waals surface area contributed by atoms with E-state index in [0.717, 1.165) is 23.4 Å². The quantitative estimate of drug-likeness (QED) is 0.794. The van der Waals surface area contributed by atoms with Gasteiger partial charge in [0.05, 0.1) is 0 Å². The number of rotatable bonds is 4. The van der Waals surface area contributed by atoms with Crippen LogP contribution >= 0.6 is 11.8 Å². The van der Waals surface area contributed by atoms with Gasteiger partial charge in [-0.3, -0.25) is 9.78 Å². The molecule has 0 aromatic carbocycles. The van der Waals surface area contributed by atoms with Crippen molar-refractivity contribution in [2.24, 2.45) is 0 Å². The molecule has 0 saturated carbocycles. The van der Waals surface area contributed by atoms with Crippen LogP contribution in [0.1, 0.15) is 18.9 Å². The van der Waals surface area contributed by atoms with Gasteiger partial charge in [0.1, 0.15) is 0 Å². The predicted molar refractivity (Wildman–Crippen MR) is 65.4 cm³/mol. The summed E-state index contributed by atoms with van der Waals surface area (Å²) in [5.74, 6) is 0.812. The van der Waals surface area contributed by atoms with Gasteiger partial charge in [0.15, 0.2) is 5.12 Å². The second-order valence-corrected chi connectivity index (χ2v) is 4.31. The minimum Gasteiger partial charge on any atom is -0.398 e. The van der Waals surface area contributed by atoms with E-state index in [1.54, 1.807) is 25.4 Å². The molecule has 0 bridgehead atoms. The third-order valence-electron chi connectivity index (χ3n) is 1.77. The average Bonchev–Trinajstić information content (AvgIpc) is 2.20. The summed E-state index contributed by atoms with van der Waals surface area (Å²) in [5.41, 5.74) is 7.38. The number of pyridine rings is 1. The predicted octanol–water partition coefficient (Wildman–Crippen LogP) is 2.35. The molecule has 3 nitrogen and oxygen atoms in total. The Kier molecular flexibility index (Phi) is 4.90. The first-order valence-electron chi connectivity index (χ1n) is 4.69. The molecule has 2 N–H and O–H groups in total. The zero-order valence-corrected chi connectivity index (χ0v) is 9.46. The van der Waals surface area contributed by atoms with Crippen molar-refractivity contribution < 1.29 is 4.79 Å². The Hall–Kier alpha value is -1.29. The zero-order chi connectivity index (χ0) is 11.1. The first kappa shape index (κ1) is 11.8. The number of hydrogen-bond donors (Lipinski definition) is 1. The van der Waals surface area contributed by atoms with Crippen LogP contribution in [0, 0.1) is 0 Å². The van der Waals surface area contributed by atoms with Crippen molar-refractivity contribution in [1.29, 1.82) is 0 Å². The Morgan fingerprint density at radius 1 is 1.67 bits per heavy atom. The van der Waals surface area contributed by atoms with Crippen molar-refractivity contribution in [3.63, 3.8) is 0 Å². The fraction of sp³-hybridized carbons (Fsp3) is 0.273. The number of nitrogen functional groups attached to an aromatic ring is 1. The topological polar surface area (TPSA) is 56.0 Å². The van der Waals surface area contributed by atoms with E-state index < -0.39 is 0 Å². The van der Waals surface area contributed by atoms with Gasteiger partial charge in [0, 0.05) is 36.3 Å². The minimum atomic E-state index is 0.157. The second kappa shape index (κ2) is 6.24. The molecule has 0 saturated heterocycles. The van der Waals surface area contributed by atoms with Crippen molar-refractivity contribution in [1.82, 2.24) is 4.98 Å². The number of nitrogens with two attached hydrogens (primary N) is 1. The summed E-state index contributed by atoms with van der Waals surface area (Å²) >= 11 is 1.33. The van der Waals surface area contributed by atoms with Crippen LogP contribution in [0.5, 0.6) is 0 Å². The summed E-state index contributed by atoms with van der Waals surface area (Å²) < 4.78 is 0. The molecular weight excluding hydrogens is 208 g/mol. The fourth-order valence-electron chi connectivity index (χ4n) is 1.04. The first-order chi connectivity index (χ1) is 7.20. The Balaban J connectivity index is 2.38. The number of aromatic nitrogens is 1. The standard InChI is InChI=1S/C11H14N2OS/c1-9(14)15-7-3-2-4-10-8-13-6-5-11(10)12/h2,4-6,8H,3,7H2,1H3,(H2,12,13). The lowest BCUT2D eigenvalue weighted by Crippen LogP contribution is -1.89. The van der Waals surface area contributed by atoms with Crippen LogP contribution in [0.15, 0.2) is 24.5 Å². The minimum absolute atomic E-state index is 0.157. The molecule has 1 aromatic heterocycles. The van der Waals surface area contributed by atoms with E-state index in [4.69, 9.17) is 5.73 Å². The number of carbonyl (C=O) groups excluding carboxylic acids is 1. The summed E-state index contributed by atoms with van der Waals surface area (Å²) in [4.78, 5) is 14.6. The van der Waals surface area contributed by atoms with Gasteiger partial charge >= 0.3 is 0 Å². The summed E-state index contributed by atoms with van der Waals surface area (Å²) in [6.45, 7) is 1.58. The zero-order valence-electron chi connectivity index (χ0n) is 8.64. The molecule has 1 aromatic rings. The van der Waals surface area contributed by atoms with Gasteiger partial charge in [-0.1, -0.05) is 23.9 Å². The Labute approximate surface area is 93.8 Å². The van der Waals surface area contributed by atoms with E-state index in [1.165, 1.54) is 11.8 Å². The van der Waals surface area contributed by atoms with Crippen molar-refractivity contribution in [3.8, 4) is 0 Å². The van der Waals surface area contributed by atoms with Crippen LogP contribution in [0.25, 0.3) is 6.08 Å². The summed E-state index contributed by atoms with van der Waals surface area (Å²) in [5, 5.41) is 0.157. The van der Waals surface area contributed by atoms with Gasteiger partial charge in [-0.2, -0.15) is 0 Å². The third kappa shape index (κ3) is 4.65. The van der Waals surface area contributed by atoms with Crippen LogP contribution in [-0.4, -0.2) is 15.9 Å². The van der Waals surface area contributed by atoms with E-state index in [1.807, 2.05) is 12.2 Å². The molecule has 0 spiro atoms. The lowest BCUT2D eigenvalue weighted by atomic mass is 10.2. The second-order valence-electron chi connectivity index (χ2n) is 3.04. The molecule has 80 valence electrons. The molecule has 15 heavy (non-hydrogen) atoms. The maximum absolute atomic E-state index is 10.6. The molecule has 0 atom stereocenters. The number of anilines is 1. The van der Waals surface area contributed by atoms with E-state index in [2.05, 4.69) is 4.98 Å². The lowest BCUT2D eigenvalue weighted by Gasteiger charge is -1.97. The molecule has 1 rings (SSSR count). The lowest BCUT2D eigenvalue weighted by molar-refractivity contribution is -0.109. The summed E-state index contributed by atoms with van der Waals surface area (Å²) in [6, 6.07) is 1.77. The van der Waals surface area contributed by atoms with Crippen molar-refractivity contribution in [2.45, 2.75) is 13.3 Å². The van der Waals surface area contributed by atoms with E-state index in [-0.39, 0.29) is 5.12 Å². The van der Waals surface area contributed by atoms with Gasteiger partial charge in [-0.05, 0) is 12.5 Å². The van der Waals surface area contributed by atoms with Crippen molar-refractivity contribution >= 4 is 28.6 Å². The van der Waals surface area contributed by atoms with E-state index in [0.29, 0.717) is 0 Å². The van der Waals surface area contributed by atoms with Crippen LogP contribution in [0.4, 0.5) is 5.69 Å². The molecular formula is C11H14N2OS. The smallest absolute Gasteiger partial charge is 0.185 e. The number of carbonyl (C=O) groups is 1. The Bertz CT molecular complexity index is 363. The van der Waals surface area contributed by atoms with E-state index in [9.17, 15) is 4.79 Å². The summed E-state index contributed by atoms with van der Waals surface area (Å²) in [7, 11) is 0. The van der Waals surface area contributed by atoms with Crippen molar-refractivity contribution in [2.75, 3.05) is 11.5 Å². The third-order valence-corrected chi connectivity index (χ3v) is 2.62. The molecule has 0 aliphatic heterocycles. The normalized spacial score (nSPS) is 10.7. The molecule has 4 heteroatoms. The monoisotopic (exact) mass is 222 g/mol. The summed E-state index contributed by atoms with van der Waals surface area (Å²) in [6.07, 6.45) is 8.19. The molecule has 1 heterocycles. The van der Waals surface area contributed by atoms with Gasteiger partial charge in [0.25, 0.3) is 0 Å². The van der Waals surface area contributed by atoms with Crippen LogP contribution in [0.3, 0.4) is 0 Å². The number of hydrogen-bond acceptors (Lipinski definition) is 4. The highest BCUT2D eigenvalue weighted by atomic mass is 32.2. The van der Waals surface area contributed by atoms with Gasteiger partial charge in [-0.25, -0.2) is 0 Å². The molecule has 0 unspecified atom stereocenters. The molecule has 0 radical (unpaired) electrons. The Morgan fingerprint density at radius 2 is 2.47 bits per heavy atom. The first-order valence-corrected chi connectivity index (χ1v) is 5.68. The van der Waals surface area contributed by atoms with Gasteiger partial charge in [-0.15, -0.1) is 0 Å². The number of thioether (sulfide) groups is 1. The molecule has 0 amide bonds. The molecule has 0 aliphatic rings. The number of allylic oxidation sites excluding steroid dienone is 1. The van der Waals surface area contributed by atoms with Gasteiger partial charge < -0.3 is 5.73 Å². The van der Waals surface area contributed by atoms with Crippen molar-refractivity contribution in [3.05, 3.63) is 30.1 Å². The van der Waals surface area contributed by atoms with Gasteiger partial charge in [0.2, 0.25) is 0 Å². The fourth-order valence-corrected chi connectivity index (χ4v) is 1.58. The van der Waals surface area contributed by atoms with Crippen LogP contribution in [0.2, 0.25) is 0 Å². The largest absolute Gasteiger partial charge is 0.398 e. The highest BCUT2D eigenvalue weighted by molar-refractivity contribution is 8.13. The SMILES string of the molecule is CC(=O)SCCC=Cc1cnccc1N. The molecule has 0 fully saturated rings. The van der Waals surface area contributed by atoms with Crippen LogP contribution < -0.4 is 5.73 Å². The van der Waals surface area contributed by atoms with Crippen LogP contribution in [-0.2, 0) is 4.79 Å². The maximum atomic E-state index is 10.6. The highest BCUT2D eigenvalue weighted by Crippen LogP contribution is 2.11. The maximum Gasteiger partial charge on any atom is 0.185 e. The Morgan fingerprint density at radius 3 is 3.13 bits per heavy atom.